The van der Waals surface area contributed by atoms with E-state index >= 15 is 0 Å². The summed E-state index contributed by atoms with van der Waals surface area (Å²) in [6.07, 6.45) is 0. The standard InChI is InChI=1S/C18H17NO4/c1-21-14-10-13-16(18(23-3)17(14)22-2)12(9-15(20)19-13)11-7-5-4-6-8-11/h4-10H,1-3H3,(H,19,20)/i9D,10D. The number of aromatic nitrogens is 1. The molecule has 0 unspecified atom stereocenters. The van der Waals surface area contributed by atoms with Crippen molar-refractivity contribution in [3.8, 4) is 28.4 Å². The quantitative estimate of drug-likeness (QED) is 0.803. The summed E-state index contributed by atoms with van der Waals surface area (Å²) >= 11 is 0. The van der Waals surface area contributed by atoms with Crippen LogP contribution in [0.25, 0.3) is 22.0 Å². The summed E-state index contributed by atoms with van der Waals surface area (Å²) in [5.74, 6) is 0.694. The molecule has 0 bridgehead atoms. The molecule has 118 valence electrons. The normalized spacial score (nSPS) is 11.8. The van der Waals surface area contributed by atoms with Gasteiger partial charge in [-0.05, 0) is 5.56 Å². The third kappa shape index (κ3) is 2.50. The average molecular weight is 313 g/mol. The van der Waals surface area contributed by atoms with Crippen LogP contribution in [0.3, 0.4) is 0 Å². The van der Waals surface area contributed by atoms with Gasteiger partial charge in [-0.15, -0.1) is 0 Å². The number of fused-ring (bicyclic) bond motifs is 1. The Morgan fingerprint density at radius 2 is 1.65 bits per heavy atom. The van der Waals surface area contributed by atoms with E-state index in [4.69, 9.17) is 17.0 Å². The molecule has 0 saturated heterocycles. The number of benzene rings is 2. The van der Waals surface area contributed by atoms with Crippen LogP contribution in [0.5, 0.6) is 17.2 Å². The van der Waals surface area contributed by atoms with Crippen LogP contribution in [-0.2, 0) is 0 Å². The summed E-state index contributed by atoms with van der Waals surface area (Å²) in [7, 11) is 4.32. The van der Waals surface area contributed by atoms with Gasteiger partial charge in [-0.25, -0.2) is 0 Å². The average Bonchev–Trinajstić information content (AvgIpc) is 2.64. The van der Waals surface area contributed by atoms with E-state index in [1.807, 2.05) is 18.2 Å². The second-order valence-electron chi connectivity index (χ2n) is 4.79. The van der Waals surface area contributed by atoms with Crippen molar-refractivity contribution in [2.24, 2.45) is 0 Å². The van der Waals surface area contributed by atoms with Gasteiger partial charge in [0.1, 0.15) is 0 Å². The predicted octanol–water partition coefficient (Wildman–Crippen LogP) is 3.22. The van der Waals surface area contributed by atoms with Crippen LogP contribution in [-0.4, -0.2) is 26.3 Å². The predicted molar refractivity (Wildman–Crippen MR) is 89.7 cm³/mol. The highest BCUT2D eigenvalue weighted by atomic mass is 16.5. The first-order valence-electron chi connectivity index (χ1n) is 7.95. The summed E-state index contributed by atoms with van der Waals surface area (Å²) in [5.41, 5.74) is 0.697. The Labute approximate surface area is 136 Å². The molecule has 1 heterocycles. The van der Waals surface area contributed by atoms with Gasteiger partial charge in [0.05, 0.1) is 35.0 Å². The van der Waals surface area contributed by atoms with Crippen molar-refractivity contribution < 1.29 is 17.0 Å². The molecule has 0 radical (unpaired) electrons. The lowest BCUT2D eigenvalue weighted by Gasteiger charge is -2.16. The maximum Gasteiger partial charge on any atom is 0.249 e. The van der Waals surface area contributed by atoms with E-state index < -0.39 is 5.56 Å². The third-order valence-electron chi connectivity index (χ3n) is 3.53. The first kappa shape index (κ1) is 12.6. The lowest BCUT2D eigenvalue weighted by atomic mass is 10.00. The molecule has 2 aromatic carbocycles. The van der Waals surface area contributed by atoms with Crippen LogP contribution in [0.2, 0.25) is 0 Å². The molecular weight excluding hydrogens is 294 g/mol. The lowest BCUT2D eigenvalue weighted by Crippen LogP contribution is -2.07. The highest BCUT2D eigenvalue weighted by molar-refractivity contribution is 6.01. The number of pyridine rings is 1. The van der Waals surface area contributed by atoms with E-state index in [-0.39, 0.29) is 29.1 Å². The van der Waals surface area contributed by atoms with Crippen molar-refractivity contribution in [2.75, 3.05) is 21.3 Å². The minimum absolute atomic E-state index is 0.0376. The van der Waals surface area contributed by atoms with Crippen molar-refractivity contribution >= 4 is 10.9 Å². The Hall–Kier alpha value is -2.95. The van der Waals surface area contributed by atoms with Gasteiger partial charge in [0.2, 0.25) is 11.3 Å². The van der Waals surface area contributed by atoms with Gasteiger partial charge >= 0.3 is 0 Å². The van der Waals surface area contributed by atoms with Gasteiger partial charge in [-0.1, -0.05) is 30.3 Å². The molecule has 0 atom stereocenters. The smallest absolute Gasteiger partial charge is 0.249 e. The van der Waals surface area contributed by atoms with Crippen molar-refractivity contribution in [3.05, 3.63) is 52.8 Å². The molecular formula is C18H17NO4. The first-order chi connectivity index (χ1) is 12.0. The fourth-order valence-electron chi connectivity index (χ4n) is 2.56. The molecule has 0 fully saturated rings. The van der Waals surface area contributed by atoms with Crippen LogP contribution in [0.4, 0.5) is 0 Å². The van der Waals surface area contributed by atoms with Gasteiger partial charge in [0.25, 0.3) is 0 Å². The second-order valence-corrected chi connectivity index (χ2v) is 4.79. The molecule has 3 aromatic rings. The zero-order chi connectivity index (χ0) is 18.1. The van der Waals surface area contributed by atoms with Gasteiger partial charge in [0, 0.05) is 17.6 Å². The largest absolute Gasteiger partial charge is 0.493 e. The van der Waals surface area contributed by atoms with Crippen molar-refractivity contribution in [3.63, 3.8) is 0 Å². The number of nitrogens with one attached hydrogen (secondary N) is 1. The first-order valence-corrected chi connectivity index (χ1v) is 6.95. The highest BCUT2D eigenvalue weighted by Crippen LogP contribution is 2.45. The van der Waals surface area contributed by atoms with Gasteiger partial charge in [-0.2, -0.15) is 0 Å². The molecule has 5 nitrogen and oxygen atoms in total. The fourth-order valence-corrected chi connectivity index (χ4v) is 2.56. The summed E-state index contributed by atoms with van der Waals surface area (Å²) in [5, 5.41) is 0.431. The number of hydrogen-bond acceptors (Lipinski definition) is 4. The molecule has 0 saturated carbocycles. The molecule has 0 aliphatic carbocycles. The molecule has 1 N–H and O–H groups in total. The van der Waals surface area contributed by atoms with E-state index in [2.05, 4.69) is 4.98 Å². The van der Waals surface area contributed by atoms with Crippen LogP contribution in [0.15, 0.2) is 47.2 Å². The van der Waals surface area contributed by atoms with E-state index in [1.54, 1.807) is 12.1 Å². The summed E-state index contributed by atoms with van der Waals surface area (Å²) in [6, 6.07) is 8.83. The molecule has 3 rings (SSSR count). The lowest BCUT2D eigenvalue weighted by molar-refractivity contribution is 0.327. The monoisotopic (exact) mass is 313 g/mol. The number of methoxy groups -OCH3 is 3. The topological polar surface area (TPSA) is 60.6 Å². The maximum atomic E-state index is 12.3. The second kappa shape index (κ2) is 6.04. The SMILES string of the molecule is [2H]c1c(-c2ccccc2)c2c(OC)c(OC)c(OC)c([2H])c2[nH]c1=O. The minimum Gasteiger partial charge on any atom is -0.493 e. The van der Waals surface area contributed by atoms with E-state index in [1.165, 1.54) is 21.3 Å². The Kier molecular flexibility index (Phi) is 3.30. The van der Waals surface area contributed by atoms with Crippen molar-refractivity contribution in [1.82, 2.24) is 4.98 Å². The molecule has 0 aliphatic rings. The number of hydrogen-bond donors (Lipinski definition) is 1. The van der Waals surface area contributed by atoms with Crippen LogP contribution in [0.1, 0.15) is 2.74 Å². The fraction of sp³-hybridized carbons (Fsp3) is 0.167. The van der Waals surface area contributed by atoms with E-state index in [9.17, 15) is 4.79 Å². The number of H-pyrrole nitrogens is 1. The Morgan fingerprint density at radius 1 is 0.957 bits per heavy atom. The molecule has 0 amide bonds. The number of rotatable bonds is 4. The Balaban J connectivity index is 2.62. The van der Waals surface area contributed by atoms with E-state index in [0.29, 0.717) is 22.3 Å². The minimum atomic E-state index is -0.589. The Morgan fingerprint density at radius 3 is 2.26 bits per heavy atom. The summed E-state index contributed by atoms with van der Waals surface area (Å²) < 4.78 is 32.8. The molecule has 0 spiro atoms. The zero-order valence-corrected chi connectivity index (χ0v) is 13.0. The van der Waals surface area contributed by atoms with Crippen LogP contribution in [0, 0.1) is 0 Å². The molecule has 5 heteroatoms. The third-order valence-corrected chi connectivity index (χ3v) is 3.53. The van der Waals surface area contributed by atoms with Gasteiger partial charge in [-0.3, -0.25) is 4.79 Å². The maximum absolute atomic E-state index is 12.3. The zero-order valence-electron chi connectivity index (χ0n) is 15.0. The van der Waals surface area contributed by atoms with Gasteiger partial charge in [0.15, 0.2) is 11.5 Å². The molecule has 0 aliphatic heterocycles. The van der Waals surface area contributed by atoms with Gasteiger partial charge < -0.3 is 19.2 Å². The van der Waals surface area contributed by atoms with Crippen molar-refractivity contribution in [1.29, 1.82) is 0 Å². The molecule has 23 heavy (non-hydrogen) atoms. The Bertz CT molecular complexity index is 1000. The van der Waals surface area contributed by atoms with Crippen LogP contribution < -0.4 is 19.8 Å². The molecule has 1 aromatic heterocycles. The van der Waals surface area contributed by atoms with Crippen molar-refractivity contribution in [2.45, 2.75) is 0 Å². The number of ether oxygens (including phenoxy) is 3. The summed E-state index contributed by atoms with van der Waals surface area (Å²) in [6.45, 7) is 0. The number of aromatic amines is 1. The summed E-state index contributed by atoms with van der Waals surface area (Å²) in [4.78, 5) is 14.9. The highest BCUT2D eigenvalue weighted by Gasteiger charge is 2.20. The van der Waals surface area contributed by atoms with Crippen LogP contribution >= 0.6 is 0 Å². The van der Waals surface area contributed by atoms with E-state index in [0.717, 1.165) is 0 Å².